The molecule has 3 rings (SSSR count). The number of amides is 1. The SMILES string of the molecule is COc1cccc(-c2ocnc2C(=O)NCc2ccc(OC)cc2OC)c1. The molecule has 0 aliphatic carbocycles. The molecule has 0 aliphatic rings. The van der Waals surface area contributed by atoms with Crippen LogP contribution in [0.4, 0.5) is 0 Å². The highest BCUT2D eigenvalue weighted by atomic mass is 16.5. The minimum atomic E-state index is -0.348. The molecular weight excluding hydrogens is 348 g/mol. The summed E-state index contributed by atoms with van der Waals surface area (Å²) in [6, 6.07) is 12.6. The fourth-order valence-corrected chi connectivity index (χ4v) is 2.63. The number of oxazole rings is 1. The number of hydrogen-bond acceptors (Lipinski definition) is 6. The van der Waals surface area contributed by atoms with Crippen LogP contribution in [0, 0.1) is 0 Å². The van der Waals surface area contributed by atoms with Crippen LogP contribution in [0.1, 0.15) is 16.1 Å². The van der Waals surface area contributed by atoms with Crippen LogP contribution in [0.15, 0.2) is 53.3 Å². The first kappa shape index (κ1) is 18.3. The number of benzene rings is 2. The van der Waals surface area contributed by atoms with Crippen molar-refractivity contribution in [2.24, 2.45) is 0 Å². The molecule has 1 amide bonds. The molecule has 1 aromatic heterocycles. The number of hydrogen-bond donors (Lipinski definition) is 1. The number of ether oxygens (including phenoxy) is 3. The summed E-state index contributed by atoms with van der Waals surface area (Å²) in [7, 11) is 4.73. The fraction of sp³-hybridized carbons (Fsp3) is 0.200. The summed E-state index contributed by atoms with van der Waals surface area (Å²) in [5.41, 5.74) is 1.73. The van der Waals surface area contributed by atoms with E-state index in [4.69, 9.17) is 18.6 Å². The van der Waals surface area contributed by atoms with Crippen molar-refractivity contribution in [3.8, 4) is 28.6 Å². The highest BCUT2D eigenvalue weighted by molar-refractivity contribution is 5.97. The average Bonchev–Trinajstić information content (AvgIpc) is 3.22. The lowest BCUT2D eigenvalue weighted by Crippen LogP contribution is -2.24. The van der Waals surface area contributed by atoms with Gasteiger partial charge in [-0.3, -0.25) is 4.79 Å². The number of methoxy groups -OCH3 is 3. The first-order valence-corrected chi connectivity index (χ1v) is 8.23. The van der Waals surface area contributed by atoms with Gasteiger partial charge in [0, 0.05) is 23.7 Å². The molecule has 27 heavy (non-hydrogen) atoms. The first-order chi connectivity index (χ1) is 13.2. The second kappa shape index (κ2) is 8.27. The zero-order valence-corrected chi connectivity index (χ0v) is 15.3. The maximum absolute atomic E-state index is 12.6. The predicted molar refractivity (Wildman–Crippen MR) is 99.2 cm³/mol. The van der Waals surface area contributed by atoms with Crippen LogP contribution >= 0.6 is 0 Å². The van der Waals surface area contributed by atoms with E-state index in [1.54, 1.807) is 33.5 Å². The highest BCUT2D eigenvalue weighted by Gasteiger charge is 2.19. The molecule has 1 heterocycles. The van der Waals surface area contributed by atoms with Crippen molar-refractivity contribution in [3.05, 3.63) is 60.1 Å². The second-order valence-electron chi connectivity index (χ2n) is 5.62. The van der Waals surface area contributed by atoms with Crippen molar-refractivity contribution in [2.75, 3.05) is 21.3 Å². The maximum Gasteiger partial charge on any atom is 0.274 e. The minimum absolute atomic E-state index is 0.204. The Bertz CT molecular complexity index is 936. The van der Waals surface area contributed by atoms with Gasteiger partial charge in [0.15, 0.2) is 17.8 Å². The zero-order chi connectivity index (χ0) is 19.2. The Kier molecular flexibility index (Phi) is 5.61. The lowest BCUT2D eigenvalue weighted by Gasteiger charge is -2.11. The van der Waals surface area contributed by atoms with Crippen LogP contribution < -0.4 is 19.5 Å². The van der Waals surface area contributed by atoms with Gasteiger partial charge < -0.3 is 23.9 Å². The third-order valence-corrected chi connectivity index (χ3v) is 4.05. The van der Waals surface area contributed by atoms with Crippen LogP contribution in [0.25, 0.3) is 11.3 Å². The molecule has 3 aromatic rings. The van der Waals surface area contributed by atoms with Crippen LogP contribution in [0.3, 0.4) is 0 Å². The van der Waals surface area contributed by atoms with Gasteiger partial charge in [0.05, 0.1) is 21.3 Å². The molecule has 0 aliphatic heterocycles. The summed E-state index contributed by atoms with van der Waals surface area (Å²) < 4.78 is 21.2. The topological polar surface area (TPSA) is 82.8 Å². The number of carbonyl (C=O) groups excluding carboxylic acids is 1. The molecule has 0 saturated carbocycles. The number of aromatic nitrogens is 1. The van der Waals surface area contributed by atoms with Gasteiger partial charge in [-0.25, -0.2) is 4.98 Å². The van der Waals surface area contributed by atoms with Gasteiger partial charge in [-0.15, -0.1) is 0 Å². The van der Waals surface area contributed by atoms with E-state index in [9.17, 15) is 4.79 Å². The van der Waals surface area contributed by atoms with Crippen LogP contribution in [0.2, 0.25) is 0 Å². The lowest BCUT2D eigenvalue weighted by atomic mass is 10.1. The molecular formula is C20H20N2O5. The molecule has 0 atom stereocenters. The minimum Gasteiger partial charge on any atom is -0.497 e. The van der Waals surface area contributed by atoms with Crippen molar-refractivity contribution in [1.82, 2.24) is 10.3 Å². The van der Waals surface area contributed by atoms with Gasteiger partial charge in [0.2, 0.25) is 0 Å². The standard InChI is InChI=1S/C20H20N2O5/c1-24-15-6-4-5-13(9-15)19-18(22-12-27-19)20(23)21-11-14-7-8-16(25-2)10-17(14)26-3/h4-10,12H,11H2,1-3H3,(H,21,23). The van der Waals surface area contributed by atoms with Crippen molar-refractivity contribution < 1.29 is 23.4 Å². The maximum atomic E-state index is 12.6. The van der Waals surface area contributed by atoms with E-state index in [0.717, 1.165) is 5.56 Å². The zero-order valence-electron chi connectivity index (χ0n) is 15.3. The molecule has 0 bridgehead atoms. The number of carbonyl (C=O) groups is 1. The quantitative estimate of drug-likeness (QED) is 0.689. The van der Waals surface area contributed by atoms with Crippen molar-refractivity contribution >= 4 is 5.91 Å². The van der Waals surface area contributed by atoms with Crippen molar-refractivity contribution in [2.45, 2.75) is 6.54 Å². The van der Waals surface area contributed by atoms with Gasteiger partial charge in [-0.1, -0.05) is 12.1 Å². The van der Waals surface area contributed by atoms with E-state index in [-0.39, 0.29) is 18.1 Å². The van der Waals surface area contributed by atoms with Gasteiger partial charge in [0.25, 0.3) is 5.91 Å². The monoisotopic (exact) mass is 368 g/mol. The Balaban J connectivity index is 1.77. The Morgan fingerprint density at radius 3 is 2.56 bits per heavy atom. The number of rotatable bonds is 7. The van der Waals surface area contributed by atoms with E-state index >= 15 is 0 Å². The normalized spacial score (nSPS) is 10.3. The Morgan fingerprint density at radius 1 is 1.04 bits per heavy atom. The summed E-state index contributed by atoms with van der Waals surface area (Å²) in [6.45, 7) is 0.274. The summed E-state index contributed by atoms with van der Waals surface area (Å²) in [4.78, 5) is 16.7. The number of nitrogens with zero attached hydrogens (tertiary/aromatic N) is 1. The Morgan fingerprint density at radius 2 is 1.81 bits per heavy atom. The molecule has 0 spiro atoms. The van der Waals surface area contributed by atoms with Gasteiger partial charge in [0.1, 0.15) is 17.2 Å². The molecule has 2 aromatic carbocycles. The van der Waals surface area contributed by atoms with Crippen LogP contribution in [-0.4, -0.2) is 32.2 Å². The predicted octanol–water partition coefficient (Wildman–Crippen LogP) is 3.30. The van der Waals surface area contributed by atoms with Crippen LogP contribution in [-0.2, 0) is 6.54 Å². The lowest BCUT2D eigenvalue weighted by molar-refractivity contribution is 0.0946. The van der Waals surface area contributed by atoms with Gasteiger partial charge in [-0.2, -0.15) is 0 Å². The molecule has 0 fully saturated rings. The van der Waals surface area contributed by atoms with Gasteiger partial charge >= 0.3 is 0 Å². The Hall–Kier alpha value is -3.48. The smallest absolute Gasteiger partial charge is 0.274 e. The molecule has 0 unspecified atom stereocenters. The van der Waals surface area contributed by atoms with E-state index in [0.29, 0.717) is 28.6 Å². The molecule has 0 saturated heterocycles. The first-order valence-electron chi connectivity index (χ1n) is 8.23. The van der Waals surface area contributed by atoms with E-state index in [1.165, 1.54) is 6.39 Å². The molecule has 7 heteroatoms. The summed E-state index contributed by atoms with van der Waals surface area (Å²) in [5.74, 6) is 2.01. The fourth-order valence-electron chi connectivity index (χ4n) is 2.63. The summed E-state index contributed by atoms with van der Waals surface area (Å²) >= 11 is 0. The molecule has 7 nitrogen and oxygen atoms in total. The van der Waals surface area contributed by atoms with Crippen molar-refractivity contribution in [1.29, 1.82) is 0 Å². The van der Waals surface area contributed by atoms with E-state index in [2.05, 4.69) is 10.3 Å². The van der Waals surface area contributed by atoms with Crippen molar-refractivity contribution in [3.63, 3.8) is 0 Å². The third kappa shape index (κ3) is 4.03. The van der Waals surface area contributed by atoms with Crippen LogP contribution in [0.5, 0.6) is 17.2 Å². The summed E-state index contributed by atoms with van der Waals surface area (Å²) in [6.07, 6.45) is 1.25. The third-order valence-electron chi connectivity index (χ3n) is 4.05. The molecule has 1 N–H and O–H groups in total. The van der Waals surface area contributed by atoms with E-state index in [1.807, 2.05) is 30.3 Å². The average molecular weight is 368 g/mol. The van der Waals surface area contributed by atoms with Gasteiger partial charge in [-0.05, 0) is 24.3 Å². The largest absolute Gasteiger partial charge is 0.497 e. The summed E-state index contributed by atoms with van der Waals surface area (Å²) in [5, 5.41) is 2.84. The highest BCUT2D eigenvalue weighted by Crippen LogP contribution is 2.27. The van der Waals surface area contributed by atoms with E-state index < -0.39 is 0 Å². The number of nitrogens with one attached hydrogen (secondary N) is 1. The second-order valence-corrected chi connectivity index (χ2v) is 5.62. The molecule has 0 radical (unpaired) electrons. The Labute approximate surface area is 156 Å². The molecule has 140 valence electrons.